The fourth-order valence-corrected chi connectivity index (χ4v) is 3.13. The largest absolute Gasteiger partial charge is 0.375 e. The van der Waals surface area contributed by atoms with E-state index in [4.69, 9.17) is 10.5 Å². The molecular formula is C15H26N6O. The molecule has 1 unspecified atom stereocenters. The molecule has 7 heteroatoms. The summed E-state index contributed by atoms with van der Waals surface area (Å²) >= 11 is 0. The second-order valence-corrected chi connectivity index (χ2v) is 6.11. The highest BCUT2D eigenvalue weighted by molar-refractivity contribution is 5.78. The number of guanidine groups is 1. The van der Waals surface area contributed by atoms with E-state index in [0.717, 1.165) is 50.7 Å². The molecule has 1 atom stereocenters. The van der Waals surface area contributed by atoms with E-state index in [1.54, 1.807) is 0 Å². The molecule has 0 aromatic carbocycles. The zero-order chi connectivity index (χ0) is 15.4. The summed E-state index contributed by atoms with van der Waals surface area (Å²) < 4.78 is 7.80. The molecule has 22 heavy (non-hydrogen) atoms. The van der Waals surface area contributed by atoms with E-state index in [0.29, 0.717) is 12.5 Å². The smallest absolute Gasteiger partial charge is 0.191 e. The Morgan fingerprint density at radius 1 is 1.32 bits per heavy atom. The van der Waals surface area contributed by atoms with Crippen molar-refractivity contribution < 1.29 is 4.74 Å². The lowest BCUT2D eigenvalue weighted by Gasteiger charge is -2.31. The van der Waals surface area contributed by atoms with E-state index < -0.39 is 0 Å². The van der Waals surface area contributed by atoms with Gasteiger partial charge in [-0.25, -0.2) is 0 Å². The van der Waals surface area contributed by atoms with Gasteiger partial charge in [0.2, 0.25) is 0 Å². The van der Waals surface area contributed by atoms with Crippen LogP contribution in [0, 0.1) is 0 Å². The van der Waals surface area contributed by atoms with Crippen molar-refractivity contribution in [3.05, 3.63) is 11.6 Å². The number of aromatic nitrogens is 3. The summed E-state index contributed by atoms with van der Waals surface area (Å²) in [6.07, 6.45) is 5.78. The van der Waals surface area contributed by atoms with Gasteiger partial charge < -0.3 is 19.9 Å². The quantitative estimate of drug-likeness (QED) is 0.652. The van der Waals surface area contributed by atoms with E-state index in [2.05, 4.69) is 31.6 Å². The highest BCUT2D eigenvalue weighted by Crippen LogP contribution is 2.14. The molecular weight excluding hydrogens is 280 g/mol. The predicted molar refractivity (Wildman–Crippen MR) is 84.8 cm³/mol. The van der Waals surface area contributed by atoms with E-state index in [9.17, 15) is 0 Å². The maximum atomic E-state index is 6.09. The molecule has 1 aromatic heterocycles. The van der Waals surface area contributed by atoms with Crippen LogP contribution in [0.1, 0.15) is 37.8 Å². The van der Waals surface area contributed by atoms with Gasteiger partial charge in [-0.2, -0.15) is 0 Å². The molecule has 0 amide bonds. The normalized spacial score (nSPS) is 23.2. The molecule has 122 valence electrons. The SMILES string of the molecule is CC1CN(C(N)=NCCc2nnc3n2CCCCC3)CCO1. The van der Waals surface area contributed by atoms with Crippen LogP contribution in [0.3, 0.4) is 0 Å². The summed E-state index contributed by atoms with van der Waals surface area (Å²) in [6.45, 7) is 6.11. The minimum atomic E-state index is 0.217. The molecule has 0 saturated carbocycles. The Balaban J connectivity index is 1.56. The first-order valence-corrected chi connectivity index (χ1v) is 8.31. The lowest BCUT2D eigenvalue weighted by Crippen LogP contribution is -2.48. The molecule has 0 bridgehead atoms. The minimum absolute atomic E-state index is 0.217. The Labute approximate surface area is 131 Å². The molecule has 2 aliphatic rings. The van der Waals surface area contributed by atoms with Gasteiger partial charge in [-0.05, 0) is 19.8 Å². The molecule has 1 aromatic rings. The summed E-state index contributed by atoms with van der Waals surface area (Å²) in [5.74, 6) is 2.79. The van der Waals surface area contributed by atoms with Crippen molar-refractivity contribution in [2.24, 2.45) is 10.7 Å². The average Bonchev–Trinajstić information content (AvgIpc) is 2.75. The summed E-state index contributed by atoms with van der Waals surface area (Å²) in [4.78, 5) is 6.61. The Hall–Kier alpha value is -1.63. The zero-order valence-corrected chi connectivity index (χ0v) is 13.4. The Bertz CT molecular complexity index is 526. The summed E-state index contributed by atoms with van der Waals surface area (Å²) in [6, 6.07) is 0. The number of fused-ring (bicyclic) bond motifs is 1. The first-order chi connectivity index (χ1) is 10.7. The third-order valence-electron chi connectivity index (χ3n) is 4.36. The van der Waals surface area contributed by atoms with Crippen molar-refractivity contribution in [2.45, 2.75) is 51.7 Å². The Kier molecular flexibility index (Phi) is 4.92. The maximum absolute atomic E-state index is 6.09. The van der Waals surface area contributed by atoms with Crippen LogP contribution >= 0.6 is 0 Å². The van der Waals surface area contributed by atoms with Crippen LogP contribution in [0.5, 0.6) is 0 Å². The van der Waals surface area contributed by atoms with Crippen LogP contribution in [0.15, 0.2) is 4.99 Å². The second-order valence-electron chi connectivity index (χ2n) is 6.11. The fourth-order valence-electron chi connectivity index (χ4n) is 3.13. The fraction of sp³-hybridized carbons (Fsp3) is 0.800. The highest BCUT2D eigenvalue weighted by Gasteiger charge is 2.18. The van der Waals surface area contributed by atoms with Gasteiger partial charge in [-0.15, -0.1) is 10.2 Å². The minimum Gasteiger partial charge on any atom is -0.375 e. The number of aryl methyl sites for hydroxylation is 1. The van der Waals surface area contributed by atoms with Gasteiger partial charge in [-0.3, -0.25) is 4.99 Å². The molecule has 0 radical (unpaired) electrons. The van der Waals surface area contributed by atoms with Gasteiger partial charge in [0.1, 0.15) is 11.6 Å². The Morgan fingerprint density at radius 3 is 3.09 bits per heavy atom. The number of morpholine rings is 1. The van der Waals surface area contributed by atoms with Crippen molar-refractivity contribution in [3.8, 4) is 0 Å². The van der Waals surface area contributed by atoms with Crippen LogP contribution in [0.25, 0.3) is 0 Å². The molecule has 1 saturated heterocycles. The van der Waals surface area contributed by atoms with Gasteiger partial charge in [0.05, 0.1) is 12.7 Å². The number of ether oxygens (including phenoxy) is 1. The van der Waals surface area contributed by atoms with Crippen molar-refractivity contribution in [2.75, 3.05) is 26.2 Å². The van der Waals surface area contributed by atoms with E-state index in [-0.39, 0.29) is 6.10 Å². The van der Waals surface area contributed by atoms with Crippen LogP contribution in [0.2, 0.25) is 0 Å². The molecule has 1 fully saturated rings. The van der Waals surface area contributed by atoms with E-state index >= 15 is 0 Å². The first kappa shape index (κ1) is 15.3. The van der Waals surface area contributed by atoms with Crippen molar-refractivity contribution in [3.63, 3.8) is 0 Å². The van der Waals surface area contributed by atoms with Crippen LogP contribution in [-0.4, -0.2) is 58.0 Å². The molecule has 7 nitrogen and oxygen atoms in total. The number of nitrogens with zero attached hydrogens (tertiary/aromatic N) is 5. The summed E-state index contributed by atoms with van der Waals surface area (Å²) in [5, 5.41) is 8.65. The van der Waals surface area contributed by atoms with Crippen molar-refractivity contribution in [1.29, 1.82) is 0 Å². The molecule has 2 aliphatic heterocycles. The topological polar surface area (TPSA) is 81.6 Å². The zero-order valence-electron chi connectivity index (χ0n) is 13.4. The van der Waals surface area contributed by atoms with Gasteiger partial charge in [0, 0.05) is 39.0 Å². The molecule has 3 rings (SSSR count). The van der Waals surface area contributed by atoms with Crippen molar-refractivity contribution in [1.82, 2.24) is 19.7 Å². The maximum Gasteiger partial charge on any atom is 0.191 e. The standard InChI is InChI=1S/C15H26N6O/c1-12-11-20(9-10-22-12)15(16)17-7-6-14-19-18-13-5-3-2-4-8-21(13)14/h12H,2-11H2,1H3,(H2,16,17). The highest BCUT2D eigenvalue weighted by atomic mass is 16.5. The van der Waals surface area contributed by atoms with Gasteiger partial charge >= 0.3 is 0 Å². The predicted octanol–water partition coefficient (Wildman–Crippen LogP) is 0.582. The average molecular weight is 306 g/mol. The summed E-state index contributed by atoms with van der Waals surface area (Å²) in [5.41, 5.74) is 6.09. The number of hydrogen-bond donors (Lipinski definition) is 1. The number of nitrogens with two attached hydrogens (primary N) is 1. The summed E-state index contributed by atoms with van der Waals surface area (Å²) in [7, 11) is 0. The van der Waals surface area contributed by atoms with Crippen molar-refractivity contribution >= 4 is 5.96 Å². The third kappa shape index (κ3) is 3.58. The van der Waals surface area contributed by atoms with Crippen LogP contribution in [-0.2, 0) is 24.1 Å². The number of aliphatic imine (C=N–C) groups is 1. The number of hydrogen-bond acceptors (Lipinski definition) is 4. The molecule has 0 aliphatic carbocycles. The van der Waals surface area contributed by atoms with Gasteiger partial charge in [0.15, 0.2) is 5.96 Å². The van der Waals surface area contributed by atoms with Gasteiger partial charge in [0.25, 0.3) is 0 Å². The molecule has 2 N–H and O–H groups in total. The second kappa shape index (κ2) is 7.09. The molecule has 3 heterocycles. The monoisotopic (exact) mass is 306 g/mol. The lowest BCUT2D eigenvalue weighted by molar-refractivity contribution is 0.00530. The molecule has 0 spiro atoms. The van der Waals surface area contributed by atoms with Gasteiger partial charge in [-0.1, -0.05) is 6.42 Å². The Morgan fingerprint density at radius 2 is 2.23 bits per heavy atom. The van der Waals surface area contributed by atoms with Crippen LogP contribution in [0.4, 0.5) is 0 Å². The first-order valence-electron chi connectivity index (χ1n) is 8.31. The van der Waals surface area contributed by atoms with Crippen LogP contribution < -0.4 is 5.73 Å². The lowest BCUT2D eigenvalue weighted by atomic mass is 10.2. The number of rotatable bonds is 3. The van der Waals surface area contributed by atoms with E-state index in [1.165, 1.54) is 19.3 Å². The van der Waals surface area contributed by atoms with E-state index in [1.807, 2.05) is 0 Å². The third-order valence-corrected chi connectivity index (χ3v) is 4.36.